The largest absolute Gasteiger partial charge is 0.339 e. The zero-order chi connectivity index (χ0) is 20.2. The van der Waals surface area contributed by atoms with Crippen LogP contribution in [-0.4, -0.2) is 46.5 Å². The highest BCUT2D eigenvalue weighted by Crippen LogP contribution is 2.32. The number of amides is 1. The van der Waals surface area contributed by atoms with Gasteiger partial charge in [-0.2, -0.15) is 0 Å². The number of likely N-dealkylation sites (tertiary alicyclic amines) is 1. The number of benzene rings is 1. The molecule has 2 aliphatic heterocycles. The minimum atomic E-state index is -0.373. The van der Waals surface area contributed by atoms with Gasteiger partial charge in [-0.25, -0.2) is 14.4 Å². The van der Waals surface area contributed by atoms with E-state index in [0.29, 0.717) is 30.5 Å². The van der Waals surface area contributed by atoms with Crippen LogP contribution in [0.15, 0.2) is 36.5 Å². The smallest absolute Gasteiger partial charge is 0.253 e. The van der Waals surface area contributed by atoms with Gasteiger partial charge in [0, 0.05) is 49.8 Å². The van der Waals surface area contributed by atoms with Gasteiger partial charge in [0.05, 0.1) is 5.69 Å². The normalized spacial score (nSPS) is 22.8. The number of carbonyl (C=O) groups excluding carboxylic acids is 1. The first-order valence-electron chi connectivity index (χ1n) is 10.5. The van der Waals surface area contributed by atoms with Gasteiger partial charge in [-0.3, -0.25) is 15.6 Å². The Labute approximate surface area is 170 Å². The highest BCUT2D eigenvalue weighted by atomic mass is 19.1. The van der Waals surface area contributed by atoms with Crippen molar-refractivity contribution in [3.63, 3.8) is 0 Å². The van der Waals surface area contributed by atoms with E-state index in [1.807, 2.05) is 17.2 Å². The molecule has 7 heteroatoms. The molecule has 3 heterocycles. The van der Waals surface area contributed by atoms with Crippen molar-refractivity contribution in [2.24, 2.45) is 5.92 Å². The number of halogens is 1. The number of aromatic nitrogens is 2. The highest BCUT2D eigenvalue weighted by molar-refractivity contribution is 5.94. The summed E-state index contributed by atoms with van der Waals surface area (Å²) in [6.45, 7) is 4.36. The first-order valence-corrected chi connectivity index (χ1v) is 10.5. The van der Waals surface area contributed by atoms with Gasteiger partial charge in [-0.1, -0.05) is 13.0 Å². The average Bonchev–Trinajstić information content (AvgIpc) is 3.24. The van der Waals surface area contributed by atoms with Gasteiger partial charge in [0.25, 0.3) is 5.91 Å². The van der Waals surface area contributed by atoms with E-state index in [9.17, 15) is 9.18 Å². The van der Waals surface area contributed by atoms with Crippen molar-refractivity contribution in [1.82, 2.24) is 25.7 Å². The molecule has 2 saturated heterocycles. The predicted molar refractivity (Wildman–Crippen MR) is 109 cm³/mol. The molecule has 0 spiro atoms. The maximum absolute atomic E-state index is 13.4. The molecule has 0 aliphatic carbocycles. The molecule has 6 nitrogen and oxygen atoms in total. The minimum Gasteiger partial charge on any atom is -0.339 e. The fourth-order valence-corrected chi connectivity index (χ4v) is 4.48. The molecule has 0 saturated carbocycles. The SMILES string of the molecule is CCCc1nccc(C2CNNC2C2CCN(C(=O)c3cccc(F)c3)CC2)n1. The molecule has 2 N–H and O–H groups in total. The van der Waals surface area contributed by atoms with Gasteiger partial charge in [0.1, 0.15) is 11.6 Å². The van der Waals surface area contributed by atoms with Crippen molar-refractivity contribution >= 4 is 5.91 Å². The molecular weight excluding hydrogens is 369 g/mol. The van der Waals surface area contributed by atoms with E-state index >= 15 is 0 Å². The lowest BCUT2D eigenvalue weighted by atomic mass is 9.81. The van der Waals surface area contributed by atoms with Crippen LogP contribution in [0.25, 0.3) is 0 Å². The third-order valence-corrected chi connectivity index (χ3v) is 6.01. The Balaban J connectivity index is 1.40. The Hall–Kier alpha value is -2.38. The van der Waals surface area contributed by atoms with Crippen LogP contribution in [-0.2, 0) is 6.42 Å². The van der Waals surface area contributed by atoms with Crippen LogP contribution in [0.5, 0.6) is 0 Å². The van der Waals surface area contributed by atoms with Gasteiger partial charge in [0.2, 0.25) is 0 Å². The summed E-state index contributed by atoms with van der Waals surface area (Å²) in [5.74, 6) is 1.20. The summed E-state index contributed by atoms with van der Waals surface area (Å²) < 4.78 is 13.4. The van der Waals surface area contributed by atoms with Crippen LogP contribution in [0.3, 0.4) is 0 Å². The van der Waals surface area contributed by atoms with Crippen LogP contribution in [0.4, 0.5) is 4.39 Å². The van der Waals surface area contributed by atoms with Crippen molar-refractivity contribution in [2.45, 2.75) is 44.6 Å². The Bertz CT molecular complexity index is 853. The summed E-state index contributed by atoms with van der Waals surface area (Å²) in [7, 11) is 0. The topological polar surface area (TPSA) is 70.2 Å². The number of hydrogen-bond acceptors (Lipinski definition) is 5. The van der Waals surface area contributed by atoms with Crippen LogP contribution in [0.1, 0.15) is 54.0 Å². The number of nitrogens with zero attached hydrogens (tertiary/aromatic N) is 3. The van der Waals surface area contributed by atoms with E-state index in [1.165, 1.54) is 12.1 Å². The number of hydrazine groups is 1. The van der Waals surface area contributed by atoms with E-state index in [2.05, 4.69) is 22.8 Å². The van der Waals surface area contributed by atoms with E-state index in [-0.39, 0.29) is 17.8 Å². The zero-order valence-corrected chi connectivity index (χ0v) is 16.8. The van der Waals surface area contributed by atoms with Gasteiger partial charge in [-0.05, 0) is 49.4 Å². The van der Waals surface area contributed by atoms with Crippen LogP contribution in [0, 0.1) is 11.7 Å². The second-order valence-corrected chi connectivity index (χ2v) is 7.95. The fraction of sp³-hybridized carbons (Fsp3) is 0.500. The van der Waals surface area contributed by atoms with E-state index in [1.54, 1.807) is 12.1 Å². The number of aryl methyl sites for hydroxylation is 1. The highest BCUT2D eigenvalue weighted by Gasteiger charge is 2.37. The molecule has 2 atom stereocenters. The Morgan fingerprint density at radius 1 is 1.28 bits per heavy atom. The van der Waals surface area contributed by atoms with Crippen LogP contribution >= 0.6 is 0 Å². The lowest BCUT2D eigenvalue weighted by Gasteiger charge is -2.36. The second kappa shape index (κ2) is 8.97. The van der Waals surface area contributed by atoms with Crippen molar-refractivity contribution in [2.75, 3.05) is 19.6 Å². The summed E-state index contributed by atoms with van der Waals surface area (Å²) in [6.07, 6.45) is 5.63. The quantitative estimate of drug-likeness (QED) is 0.812. The molecule has 1 amide bonds. The summed E-state index contributed by atoms with van der Waals surface area (Å²) >= 11 is 0. The molecule has 29 heavy (non-hydrogen) atoms. The molecule has 4 rings (SSSR count). The van der Waals surface area contributed by atoms with Gasteiger partial charge >= 0.3 is 0 Å². The zero-order valence-electron chi connectivity index (χ0n) is 16.8. The molecule has 0 radical (unpaired) electrons. The van der Waals surface area contributed by atoms with E-state index in [4.69, 9.17) is 4.98 Å². The van der Waals surface area contributed by atoms with Gasteiger partial charge in [0.15, 0.2) is 0 Å². The standard InChI is InChI=1S/C22H28FN5O/c1-2-4-20-24-10-7-19(26-20)18-14-25-27-21(18)15-8-11-28(12-9-15)22(29)16-5-3-6-17(23)13-16/h3,5-7,10,13,15,18,21,25,27H,2,4,8-9,11-12,14H2,1H3. The minimum absolute atomic E-state index is 0.0861. The van der Waals surface area contributed by atoms with Crippen molar-refractivity contribution < 1.29 is 9.18 Å². The lowest BCUT2D eigenvalue weighted by Crippen LogP contribution is -2.45. The summed E-state index contributed by atoms with van der Waals surface area (Å²) in [5, 5.41) is 0. The monoisotopic (exact) mass is 397 g/mol. The number of rotatable bonds is 5. The molecule has 2 aromatic rings. The molecule has 1 aromatic carbocycles. The molecule has 154 valence electrons. The lowest BCUT2D eigenvalue weighted by molar-refractivity contribution is 0.0669. The Morgan fingerprint density at radius 3 is 2.86 bits per heavy atom. The average molecular weight is 397 g/mol. The number of nitrogens with one attached hydrogen (secondary N) is 2. The van der Waals surface area contributed by atoms with E-state index < -0.39 is 0 Å². The molecular formula is C22H28FN5O. The van der Waals surface area contributed by atoms with Crippen LogP contribution < -0.4 is 10.9 Å². The number of carbonyl (C=O) groups is 1. The molecule has 2 fully saturated rings. The van der Waals surface area contributed by atoms with Crippen molar-refractivity contribution in [3.05, 3.63) is 59.4 Å². The summed E-state index contributed by atoms with van der Waals surface area (Å²) in [6, 6.07) is 8.25. The number of piperidine rings is 1. The molecule has 1 aromatic heterocycles. The van der Waals surface area contributed by atoms with Gasteiger partial charge in [-0.15, -0.1) is 0 Å². The first-order chi connectivity index (χ1) is 14.2. The second-order valence-electron chi connectivity index (χ2n) is 7.95. The fourth-order valence-electron chi connectivity index (χ4n) is 4.48. The van der Waals surface area contributed by atoms with Crippen molar-refractivity contribution in [1.29, 1.82) is 0 Å². The Kier molecular flexibility index (Phi) is 6.16. The third kappa shape index (κ3) is 4.46. The predicted octanol–water partition coefficient (Wildman–Crippen LogP) is 2.68. The van der Waals surface area contributed by atoms with Crippen LogP contribution in [0.2, 0.25) is 0 Å². The van der Waals surface area contributed by atoms with Crippen molar-refractivity contribution in [3.8, 4) is 0 Å². The summed E-state index contributed by atoms with van der Waals surface area (Å²) in [5.41, 5.74) is 8.26. The Morgan fingerprint density at radius 2 is 2.10 bits per heavy atom. The first kappa shape index (κ1) is 19.9. The maximum atomic E-state index is 13.4. The van der Waals surface area contributed by atoms with E-state index in [0.717, 1.165) is 43.7 Å². The molecule has 0 bridgehead atoms. The van der Waals surface area contributed by atoms with Gasteiger partial charge < -0.3 is 4.90 Å². The molecule has 2 unspecified atom stereocenters. The maximum Gasteiger partial charge on any atom is 0.253 e. The number of hydrogen-bond donors (Lipinski definition) is 2. The third-order valence-electron chi connectivity index (χ3n) is 6.01. The summed E-state index contributed by atoms with van der Waals surface area (Å²) in [4.78, 5) is 23.7. The molecule has 2 aliphatic rings.